The lowest BCUT2D eigenvalue weighted by Gasteiger charge is -2.09. The molecular weight excluding hydrogens is 277 g/mol. The molecule has 2 aromatic rings. The molecule has 0 bridgehead atoms. The average Bonchev–Trinajstić information content (AvgIpc) is 2.41. The number of hydrogen-bond donors (Lipinski definition) is 1. The van der Waals surface area contributed by atoms with E-state index in [9.17, 15) is 4.39 Å². The van der Waals surface area contributed by atoms with E-state index in [2.05, 4.69) is 12.2 Å². The highest BCUT2D eigenvalue weighted by atomic mass is 35.5. The maximum atomic E-state index is 13.1. The van der Waals surface area contributed by atoms with Gasteiger partial charge in [-0.2, -0.15) is 0 Å². The fourth-order valence-electron chi connectivity index (χ4n) is 1.80. The van der Waals surface area contributed by atoms with Crippen LogP contribution in [0.2, 0.25) is 5.02 Å². The van der Waals surface area contributed by atoms with Crippen LogP contribution >= 0.6 is 11.6 Å². The summed E-state index contributed by atoms with van der Waals surface area (Å²) in [6, 6.07) is 11.5. The molecule has 2 nitrogen and oxygen atoms in total. The molecule has 0 unspecified atom stereocenters. The Kier molecular flexibility index (Phi) is 5.39. The fourth-order valence-corrected chi connectivity index (χ4v) is 2.04. The lowest BCUT2D eigenvalue weighted by molar-refractivity contribution is 0.476. The topological polar surface area (TPSA) is 21.3 Å². The molecule has 1 N–H and O–H groups in total. The molecular formula is C16H17ClFNO. The minimum absolute atomic E-state index is 0.325. The molecule has 2 rings (SSSR count). The first kappa shape index (κ1) is 14.8. The molecule has 0 aliphatic heterocycles. The predicted molar refractivity (Wildman–Crippen MR) is 79.9 cm³/mol. The molecule has 0 atom stereocenters. The number of hydrogen-bond acceptors (Lipinski definition) is 2. The lowest BCUT2D eigenvalue weighted by atomic mass is 10.2. The summed E-state index contributed by atoms with van der Waals surface area (Å²) in [6.45, 7) is 3.80. The number of ether oxygens (including phenoxy) is 1. The summed E-state index contributed by atoms with van der Waals surface area (Å²) in [4.78, 5) is 0. The number of halogens is 2. The van der Waals surface area contributed by atoms with Gasteiger partial charge in [0.15, 0.2) is 0 Å². The molecule has 0 spiro atoms. The van der Waals surface area contributed by atoms with Crippen molar-refractivity contribution in [2.75, 3.05) is 6.54 Å². The first-order valence-corrected chi connectivity index (χ1v) is 6.99. The van der Waals surface area contributed by atoms with E-state index in [1.54, 1.807) is 18.2 Å². The van der Waals surface area contributed by atoms with Crippen LogP contribution in [0.25, 0.3) is 0 Å². The van der Waals surface area contributed by atoms with E-state index < -0.39 is 0 Å². The SMILES string of the molecule is CCCNCc1ccc(Oc2cccc(F)c2)cc1Cl. The monoisotopic (exact) mass is 293 g/mol. The van der Waals surface area contributed by atoms with Crippen LogP contribution in [0.4, 0.5) is 4.39 Å². The highest BCUT2D eigenvalue weighted by molar-refractivity contribution is 6.31. The zero-order chi connectivity index (χ0) is 14.4. The van der Waals surface area contributed by atoms with Gasteiger partial charge >= 0.3 is 0 Å². The van der Waals surface area contributed by atoms with Gasteiger partial charge in [-0.25, -0.2) is 4.39 Å². The molecule has 0 aliphatic rings. The van der Waals surface area contributed by atoms with Gasteiger partial charge in [-0.15, -0.1) is 0 Å². The standard InChI is InChI=1S/C16H17ClFNO/c1-2-8-19-11-12-6-7-15(10-16(12)17)20-14-5-3-4-13(18)9-14/h3-7,9-10,19H,2,8,11H2,1H3. The summed E-state index contributed by atoms with van der Waals surface area (Å²) in [5.41, 5.74) is 1.02. The zero-order valence-electron chi connectivity index (χ0n) is 11.3. The van der Waals surface area contributed by atoms with Gasteiger partial charge in [-0.05, 0) is 42.8 Å². The largest absolute Gasteiger partial charge is 0.457 e. The van der Waals surface area contributed by atoms with Crippen molar-refractivity contribution in [3.8, 4) is 11.5 Å². The molecule has 106 valence electrons. The Balaban J connectivity index is 2.05. The Morgan fingerprint density at radius 1 is 1.15 bits per heavy atom. The summed E-state index contributed by atoms with van der Waals surface area (Å²) in [7, 11) is 0. The summed E-state index contributed by atoms with van der Waals surface area (Å²) in [6.07, 6.45) is 1.08. The van der Waals surface area contributed by atoms with E-state index in [0.717, 1.165) is 25.1 Å². The van der Waals surface area contributed by atoms with Crippen molar-refractivity contribution in [3.63, 3.8) is 0 Å². The minimum atomic E-state index is -0.325. The highest BCUT2D eigenvalue weighted by Crippen LogP contribution is 2.27. The van der Waals surface area contributed by atoms with E-state index in [1.807, 2.05) is 12.1 Å². The van der Waals surface area contributed by atoms with Crippen LogP contribution in [-0.4, -0.2) is 6.54 Å². The quantitative estimate of drug-likeness (QED) is 0.775. The second-order valence-electron chi connectivity index (χ2n) is 4.49. The van der Waals surface area contributed by atoms with E-state index in [0.29, 0.717) is 16.5 Å². The van der Waals surface area contributed by atoms with Crippen LogP contribution in [-0.2, 0) is 6.54 Å². The molecule has 0 aliphatic carbocycles. The van der Waals surface area contributed by atoms with Crippen LogP contribution in [0.15, 0.2) is 42.5 Å². The molecule has 0 radical (unpaired) electrons. The van der Waals surface area contributed by atoms with Gasteiger partial charge in [0.2, 0.25) is 0 Å². The maximum absolute atomic E-state index is 13.1. The van der Waals surface area contributed by atoms with Gasteiger partial charge in [0.1, 0.15) is 17.3 Å². The van der Waals surface area contributed by atoms with Crippen molar-refractivity contribution in [2.45, 2.75) is 19.9 Å². The Bertz CT molecular complexity index is 574. The van der Waals surface area contributed by atoms with Crippen molar-refractivity contribution in [1.82, 2.24) is 5.32 Å². The van der Waals surface area contributed by atoms with Crippen LogP contribution in [0, 0.1) is 5.82 Å². The molecule has 0 fully saturated rings. The molecule has 2 aromatic carbocycles. The Morgan fingerprint density at radius 2 is 1.95 bits per heavy atom. The van der Waals surface area contributed by atoms with Gasteiger partial charge in [0.05, 0.1) is 0 Å². The van der Waals surface area contributed by atoms with Gasteiger partial charge in [-0.3, -0.25) is 0 Å². The van der Waals surface area contributed by atoms with Gasteiger partial charge in [0, 0.05) is 17.6 Å². The number of nitrogens with one attached hydrogen (secondary N) is 1. The first-order chi connectivity index (χ1) is 9.69. The maximum Gasteiger partial charge on any atom is 0.130 e. The number of benzene rings is 2. The molecule has 0 aromatic heterocycles. The van der Waals surface area contributed by atoms with E-state index in [-0.39, 0.29) is 5.82 Å². The van der Waals surface area contributed by atoms with Gasteiger partial charge in [0.25, 0.3) is 0 Å². The van der Waals surface area contributed by atoms with Crippen LogP contribution in [0.3, 0.4) is 0 Å². The van der Waals surface area contributed by atoms with E-state index in [4.69, 9.17) is 16.3 Å². The summed E-state index contributed by atoms with van der Waals surface area (Å²) >= 11 is 6.21. The van der Waals surface area contributed by atoms with Crippen molar-refractivity contribution in [2.24, 2.45) is 0 Å². The molecule has 0 amide bonds. The second-order valence-corrected chi connectivity index (χ2v) is 4.90. The Labute approximate surface area is 123 Å². The molecule has 20 heavy (non-hydrogen) atoms. The van der Waals surface area contributed by atoms with Crippen LogP contribution in [0.5, 0.6) is 11.5 Å². The predicted octanol–water partition coefficient (Wildman–Crippen LogP) is 4.77. The highest BCUT2D eigenvalue weighted by Gasteiger charge is 2.04. The smallest absolute Gasteiger partial charge is 0.130 e. The zero-order valence-corrected chi connectivity index (χ0v) is 12.1. The van der Waals surface area contributed by atoms with Gasteiger partial charge < -0.3 is 10.1 Å². The third-order valence-corrected chi connectivity index (χ3v) is 3.15. The van der Waals surface area contributed by atoms with Crippen LogP contribution in [0.1, 0.15) is 18.9 Å². The summed E-state index contributed by atoms with van der Waals surface area (Å²) < 4.78 is 18.6. The van der Waals surface area contributed by atoms with Crippen molar-refractivity contribution < 1.29 is 9.13 Å². The van der Waals surface area contributed by atoms with E-state index >= 15 is 0 Å². The fraction of sp³-hybridized carbons (Fsp3) is 0.250. The van der Waals surface area contributed by atoms with Gasteiger partial charge in [-0.1, -0.05) is 30.7 Å². The second kappa shape index (κ2) is 7.27. The van der Waals surface area contributed by atoms with Crippen molar-refractivity contribution in [1.29, 1.82) is 0 Å². The van der Waals surface area contributed by atoms with Crippen molar-refractivity contribution >= 4 is 11.6 Å². The summed E-state index contributed by atoms with van der Waals surface area (Å²) in [5, 5.41) is 3.94. The normalized spacial score (nSPS) is 10.6. The third-order valence-electron chi connectivity index (χ3n) is 2.80. The minimum Gasteiger partial charge on any atom is -0.457 e. The lowest BCUT2D eigenvalue weighted by Crippen LogP contribution is -2.13. The molecule has 0 heterocycles. The Morgan fingerprint density at radius 3 is 2.65 bits per heavy atom. The average molecular weight is 294 g/mol. The van der Waals surface area contributed by atoms with Crippen LogP contribution < -0.4 is 10.1 Å². The van der Waals surface area contributed by atoms with E-state index in [1.165, 1.54) is 12.1 Å². The Hall–Kier alpha value is -1.58. The molecule has 4 heteroatoms. The summed E-state index contributed by atoms with van der Waals surface area (Å²) in [5.74, 6) is 0.728. The third kappa shape index (κ3) is 4.22. The molecule has 0 saturated carbocycles. The van der Waals surface area contributed by atoms with Crippen molar-refractivity contribution in [3.05, 3.63) is 58.9 Å². The molecule has 0 saturated heterocycles. The first-order valence-electron chi connectivity index (χ1n) is 6.61. The number of rotatable bonds is 6.